The van der Waals surface area contributed by atoms with Crippen LogP contribution in [0, 0.1) is 0 Å². The Morgan fingerprint density at radius 2 is 1.97 bits per heavy atom. The number of hydrogen-bond acceptors (Lipinski definition) is 6. The molecule has 3 heterocycles. The molecule has 1 aliphatic heterocycles. The van der Waals surface area contributed by atoms with Gasteiger partial charge in [0.2, 0.25) is 0 Å². The van der Waals surface area contributed by atoms with Crippen LogP contribution in [0.15, 0.2) is 54.9 Å². The molecule has 1 atom stereocenters. The summed E-state index contributed by atoms with van der Waals surface area (Å²) in [5.74, 6) is 2.98. The van der Waals surface area contributed by atoms with E-state index in [2.05, 4.69) is 28.1 Å². The summed E-state index contributed by atoms with van der Waals surface area (Å²) in [6, 6.07) is 14.5. The monoisotopic (exact) mass is 403 g/mol. The fourth-order valence-corrected chi connectivity index (χ4v) is 3.94. The number of aromatic nitrogens is 3. The van der Waals surface area contributed by atoms with Crippen molar-refractivity contribution in [2.24, 2.45) is 0 Å². The van der Waals surface area contributed by atoms with E-state index in [9.17, 15) is 0 Å². The van der Waals surface area contributed by atoms with Crippen molar-refractivity contribution in [3.05, 3.63) is 66.1 Å². The molecule has 0 amide bonds. The van der Waals surface area contributed by atoms with Crippen molar-refractivity contribution in [2.75, 3.05) is 39.2 Å². The number of likely N-dealkylation sites (tertiary alicyclic amines) is 1. The maximum Gasteiger partial charge on any atom is 0.163 e. The minimum atomic E-state index is 0.397. The minimum absolute atomic E-state index is 0.397. The Bertz CT molecular complexity index is 959. The Balaban J connectivity index is 1.55. The summed E-state index contributed by atoms with van der Waals surface area (Å²) in [7, 11) is 5.75. The molecule has 1 fully saturated rings. The summed E-state index contributed by atoms with van der Waals surface area (Å²) in [6.45, 7) is 3.06. The van der Waals surface area contributed by atoms with Crippen molar-refractivity contribution in [3.8, 4) is 17.1 Å². The van der Waals surface area contributed by atoms with Gasteiger partial charge in [-0.2, -0.15) is 0 Å². The van der Waals surface area contributed by atoms with E-state index in [1.807, 2.05) is 49.5 Å². The zero-order valence-corrected chi connectivity index (χ0v) is 18.0. The quantitative estimate of drug-likeness (QED) is 0.620. The van der Waals surface area contributed by atoms with Crippen LogP contribution in [0.4, 0.5) is 5.82 Å². The molecule has 156 valence electrons. The average Bonchev–Trinajstić information content (AvgIpc) is 2.80. The fourth-order valence-electron chi connectivity index (χ4n) is 3.94. The third-order valence-corrected chi connectivity index (χ3v) is 5.60. The van der Waals surface area contributed by atoms with Crippen LogP contribution >= 0.6 is 0 Å². The number of hydrogen-bond donors (Lipinski definition) is 0. The van der Waals surface area contributed by atoms with Gasteiger partial charge in [-0.05, 0) is 49.2 Å². The number of benzene rings is 1. The maximum atomic E-state index is 5.28. The highest BCUT2D eigenvalue weighted by Crippen LogP contribution is 2.30. The van der Waals surface area contributed by atoms with Gasteiger partial charge in [0.25, 0.3) is 0 Å². The lowest BCUT2D eigenvalue weighted by Crippen LogP contribution is -2.34. The number of piperidine rings is 1. The van der Waals surface area contributed by atoms with E-state index < -0.39 is 0 Å². The van der Waals surface area contributed by atoms with Gasteiger partial charge in [-0.1, -0.05) is 12.1 Å². The van der Waals surface area contributed by atoms with Crippen LogP contribution in [0.5, 0.6) is 5.75 Å². The van der Waals surface area contributed by atoms with Crippen molar-refractivity contribution >= 4 is 5.82 Å². The van der Waals surface area contributed by atoms with Gasteiger partial charge in [0, 0.05) is 57.1 Å². The zero-order chi connectivity index (χ0) is 20.9. The van der Waals surface area contributed by atoms with Gasteiger partial charge in [0.1, 0.15) is 11.6 Å². The summed E-state index contributed by atoms with van der Waals surface area (Å²) in [6.07, 6.45) is 5.92. The SMILES string of the molecule is COc1ccc(CN2CCCC(c3cc(N(C)C)nc(-c4cccnc4)n3)C2)cc1. The molecule has 0 N–H and O–H groups in total. The molecule has 0 aliphatic carbocycles. The predicted molar refractivity (Wildman–Crippen MR) is 120 cm³/mol. The smallest absolute Gasteiger partial charge is 0.163 e. The van der Waals surface area contributed by atoms with E-state index in [0.717, 1.165) is 54.7 Å². The van der Waals surface area contributed by atoms with Crippen LogP contribution < -0.4 is 9.64 Å². The molecule has 6 nitrogen and oxygen atoms in total. The van der Waals surface area contributed by atoms with Crippen molar-refractivity contribution < 1.29 is 4.74 Å². The average molecular weight is 404 g/mol. The number of nitrogens with zero attached hydrogens (tertiary/aromatic N) is 5. The number of ether oxygens (including phenoxy) is 1. The molecule has 6 heteroatoms. The Morgan fingerprint density at radius 3 is 2.67 bits per heavy atom. The topological polar surface area (TPSA) is 54.4 Å². The first-order valence-corrected chi connectivity index (χ1v) is 10.4. The first-order valence-electron chi connectivity index (χ1n) is 10.4. The summed E-state index contributed by atoms with van der Waals surface area (Å²) in [5.41, 5.74) is 3.38. The van der Waals surface area contributed by atoms with Crippen LogP contribution in [0.3, 0.4) is 0 Å². The molecule has 0 radical (unpaired) electrons. The minimum Gasteiger partial charge on any atom is -0.497 e. The van der Waals surface area contributed by atoms with Crippen LogP contribution in [0.1, 0.15) is 30.0 Å². The van der Waals surface area contributed by atoms with Gasteiger partial charge in [-0.15, -0.1) is 0 Å². The van der Waals surface area contributed by atoms with Gasteiger partial charge >= 0.3 is 0 Å². The lowest BCUT2D eigenvalue weighted by Gasteiger charge is -2.33. The molecule has 1 saturated heterocycles. The molecule has 30 heavy (non-hydrogen) atoms. The molecular formula is C24H29N5O. The molecule has 3 aromatic rings. The zero-order valence-electron chi connectivity index (χ0n) is 18.0. The third-order valence-electron chi connectivity index (χ3n) is 5.60. The molecule has 0 bridgehead atoms. The highest BCUT2D eigenvalue weighted by molar-refractivity contribution is 5.56. The fraction of sp³-hybridized carbons (Fsp3) is 0.375. The van der Waals surface area contributed by atoms with E-state index in [4.69, 9.17) is 14.7 Å². The van der Waals surface area contributed by atoms with E-state index in [1.165, 1.54) is 12.0 Å². The number of methoxy groups -OCH3 is 1. The van der Waals surface area contributed by atoms with Gasteiger partial charge < -0.3 is 9.64 Å². The van der Waals surface area contributed by atoms with Gasteiger partial charge in [-0.25, -0.2) is 9.97 Å². The van der Waals surface area contributed by atoms with Crippen molar-refractivity contribution in [1.82, 2.24) is 19.9 Å². The molecule has 4 rings (SSSR count). The largest absolute Gasteiger partial charge is 0.497 e. The van der Waals surface area contributed by atoms with Crippen LogP contribution in [0.2, 0.25) is 0 Å². The predicted octanol–water partition coefficient (Wildman–Crippen LogP) is 3.99. The molecule has 1 aromatic carbocycles. The summed E-state index contributed by atoms with van der Waals surface area (Å²) in [5, 5.41) is 0. The van der Waals surface area contributed by atoms with Crippen LogP contribution in [-0.4, -0.2) is 54.1 Å². The maximum absolute atomic E-state index is 5.28. The van der Waals surface area contributed by atoms with E-state index in [0.29, 0.717) is 5.92 Å². The van der Waals surface area contributed by atoms with Crippen molar-refractivity contribution in [2.45, 2.75) is 25.3 Å². The standard InChI is InChI=1S/C24H29N5O/c1-28(2)23-14-22(26-24(27-23)19-6-4-12-25-15-19)20-7-5-13-29(17-20)16-18-8-10-21(30-3)11-9-18/h4,6,8-12,14-15,20H,5,7,13,16-17H2,1-3H3. The summed E-state index contributed by atoms with van der Waals surface area (Å²) >= 11 is 0. The first-order chi connectivity index (χ1) is 14.6. The molecular weight excluding hydrogens is 374 g/mol. The first kappa shape index (κ1) is 20.3. The van der Waals surface area contributed by atoms with Gasteiger partial charge in [0.15, 0.2) is 5.82 Å². The van der Waals surface area contributed by atoms with Crippen LogP contribution in [0.25, 0.3) is 11.4 Å². The Hall–Kier alpha value is -2.99. The van der Waals surface area contributed by atoms with Gasteiger partial charge in [-0.3, -0.25) is 9.88 Å². The lowest BCUT2D eigenvalue weighted by atomic mass is 9.94. The van der Waals surface area contributed by atoms with Crippen LogP contribution in [-0.2, 0) is 6.54 Å². The Kier molecular flexibility index (Phi) is 6.23. The highest BCUT2D eigenvalue weighted by Gasteiger charge is 2.24. The van der Waals surface area contributed by atoms with E-state index in [-0.39, 0.29) is 0 Å². The molecule has 2 aromatic heterocycles. The molecule has 0 spiro atoms. The Labute approximate surface area is 178 Å². The number of pyridine rings is 1. The lowest BCUT2D eigenvalue weighted by molar-refractivity contribution is 0.198. The van der Waals surface area contributed by atoms with E-state index in [1.54, 1.807) is 13.3 Å². The second kappa shape index (κ2) is 9.22. The number of anilines is 1. The highest BCUT2D eigenvalue weighted by atomic mass is 16.5. The van der Waals surface area contributed by atoms with E-state index >= 15 is 0 Å². The molecule has 0 saturated carbocycles. The molecule has 1 unspecified atom stereocenters. The van der Waals surface area contributed by atoms with Gasteiger partial charge in [0.05, 0.1) is 12.8 Å². The number of rotatable bonds is 6. The Morgan fingerprint density at radius 1 is 1.13 bits per heavy atom. The van der Waals surface area contributed by atoms with Crippen molar-refractivity contribution in [1.29, 1.82) is 0 Å². The van der Waals surface area contributed by atoms with Crippen molar-refractivity contribution in [3.63, 3.8) is 0 Å². The third kappa shape index (κ3) is 4.76. The second-order valence-electron chi connectivity index (χ2n) is 8.03. The second-order valence-corrected chi connectivity index (χ2v) is 8.03. The normalized spacial score (nSPS) is 17.0. The summed E-state index contributed by atoms with van der Waals surface area (Å²) < 4.78 is 5.28. The summed E-state index contributed by atoms with van der Waals surface area (Å²) in [4.78, 5) is 18.5. The molecule has 1 aliphatic rings.